The highest BCUT2D eigenvalue weighted by Gasteiger charge is 2.17. The van der Waals surface area contributed by atoms with Gasteiger partial charge in [-0.2, -0.15) is 0 Å². The Bertz CT molecular complexity index is 511. The molecule has 0 fully saturated rings. The Labute approximate surface area is 107 Å². The number of hydrogen-bond donors (Lipinski definition) is 0. The first kappa shape index (κ1) is 10.8. The van der Waals surface area contributed by atoms with Crippen molar-refractivity contribution in [1.82, 2.24) is 4.90 Å². The van der Waals surface area contributed by atoms with Crippen molar-refractivity contribution in [3.63, 3.8) is 0 Å². The predicted molar refractivity (Wildman–Crippen MR) is 70.8 cm³/mol. The van der Waals surface area contributed by atoms with E-state index in [1.165, 1.54) is 16.7 Å². The third kappa shape index (κ3) is 2.36. The molecule has 1 heterocycles. The van der Waals surface area contributed by atoms with Crippen LogP contribution >= 0.6 is 11.6 Å². The third-order valence-electron chi connectivity index (χ3n) is 3.20. The van der Waals surface area contributed by atoms with Gasteiger partial charge in [-0.05, 0) is 28.8 Å². The molecule has 86 valence electrons. The predicted octanol–water partition coefficient (Wildman–Crippen LogP) is 3.86. The fourth-order valence-corrected chi connectivity index (χ4v) is 2.62. The minimum atomic E-state index is 0.819. The molecule has 0 N–H and O–H groups in total. The highest BCUT2D eigenvalue weighted by molar-refractivity contribution is 6.30. The molecule has 0 saturated heterocycles. The summed E-state index contributed by atoms with van der Waals surface area (Å²) in [6, 6.07) is 16.8. The summed E-state index contributed by atoms with van der Waals surface area (Å²) in [5, 5.41) is 0.819. The molecule has 0 unspecified atom stereocenters. The molecule has 1 nitrogen and oxygen atoms in total. The van der Waals surface area contributed by atoms with Gasteiger partial charge in [-0.1, -0.05) is 48.0 Å². The van der Waals surface area contributed by atoms with Gasteiger partial charge in [0.2, 0.25) is 0 Å². The molecule has 0 atom stereocenters. The minimum Gasteiger partial charge on any atom is -0.291 e. The molecule has 2 heteroatoms. The van der Waals surface area contributed by atoms with Gasteiger partial charge in [0, 0.05) is 24.7 Å². The maximum atomic E-state index is 6.00. The van der Waals surface area contributed by atoms with Gasteiger partial charge in [0.05, 0.1) is 0 Å². The molecule has 0 bridgehead atoms. The van der Waals surface area contributed by atoms with Crippen LogP contribution in [0.15, 0.2) is 48.5 Å². The molecule has 3 rings (SSSR count). The van der Waals surface area contributed by atoms with E-state index in [2.05, 4.69) is 35.2 Å². The Hall–Kier alpha value is -1.31. The molecular formula is C15H14ClN. The van der Waals surface area contributed by atoms with Gasteiger partial charge in [-0.3, -0.25) is 4.90 Å². The maximum Gasteiger partial charge on any atom is 0.0409 e. The van der Waals surface area contributed by atoms with Crippen molar-refractivity contribution >= 4 is 11.6 Å². The van der Waals surface area contributed by atoms with Gasteiger partial charge in [0.1, 0.15) is 0 Å². The summed E-state index contributed by atoms with van der Waals surface area (Å²) in [6.07, 6.45) is 0. The Morgan fingerprint density at radius 3 is 2.29 bits per heavy atom. The number of benzene rings is 2. The summed E-state index contributed by atoms with van der Waals surface area (Å²) < 4.78 is 0. The molecule has 1 aliphatic heterocycles. The van der Waals surface area contributed by atoms with Gasteiger partial charge in [-0.25, -0.2) is 0 Å². The van der Waals surface area contributed by atoms with Crippen LogP contribution in [0.5, 0.6) is 0 Å². The van der Waals surface area contributed by atoms with Gasteiger partial charge < -0.3 is 0 Å². The van der Waals surface area contributed by atoms with Crippen molar-refractivity contribution in [3.05, 3.63) is 70.2 Å². The first-order valence-electron chi connectivity index (χ1n) is 5.85. The van der Waals surface area contributed by atoms with Crippen LogP contribution in [0.2, 0.25) is 5.02 Å². The van der Waals surface area contributed by atoms with Crippen LogP contribution in [0.3, 0.4) is 0 Å². The second kappa shape index (κ2) is 4.52. The quantitative estimate of drug-likeness (QED) is 0.774. The van der Waals surface area contributed by atoms with Crippen molar-refractivity contribution < 1.29 is 0 Å². The molecule has 0 spiro atoms. The number of fused-ring (bicyclic) bond motifs is 1. The second-order valence-electron chi connectivity index (χ2n) is 4.54. The van der Waals surface area contributed by atoms with Gasteiger partial charge in [0.15, 0.2) is 0 Å². The van der Waals surface area contributed by atoms with Gasteiger partial charge in [0.25, 0.3) is 0 Å². The number of nitrogens with zero attached hydrogens (tertiary/aromatic N) is 1. The third-order valence-corrected chi connectivity index (χ3v) is 3.44. The molecule has 17 heavy (non-hydrogen) atoms. The highest BCUT2D eigenvalue weighted by Crippen LogP contribution is 2.24. The standard InChI is InChI=1S/C15H14ClN/c16-15-7-3-4-12(8-15)9-17-10-13-5-1-2-6-14(13)11-17/h1-8H,9-11H2. The SMILES string of the molecule is Clc1cccc(CN2Cc3ccccc3C2)c1. The summed E-state index contributed by atoms with van der Waals surface area (Å²) in [7, 11) is 0. The number of rotatable bonds is 2. The normalized spacial score (nSPS) is 14.9. The summed E-state index contributed by atoms with van der Waals surface area (Å²) >= 11 is 6.00. The molecular weight excluding hydrogens is 230 g/mol. The Kier molecular flexibility index (Phi) is 2.87. The van der Waals surface area contributed by atoms with Crippen LogP contribution in [-0.4, -0.2) is 4.90 Å². The lowest BCUT2D eigenvalue weighted by Crippen LogP contribution is -2.15. The first-order chi connectivity index (χ1) is 8.31. The van der Waals surface area contributed by atoms with E-state index in [0.717, 1.165) is 24.7 Å². The lowest BCUT2D eigenvalue weighted by Gasteiger charge is -2.14. The Balaban J connectivity index is 1.74. The number of halogens is 1. The average Bonchev–Trinajstić information content (AvgIpc) is 2.71. The molecule has 0 aliphatic carbocycles. The Morgan fingerprint density at radius 1 is 0.941 bits per heavy atom. The molecule has 0 amide bonds. The molecule has 0 saturated carbocycles. The van der Waals surface area contributed by atoms with E-state index in [0.29, 0.717) is 0 Å². The molecule has 0 radical (unpaired) electrons. The zero-order valence-electron chi connectivity index (χ0n) is 9.57. The summed E-state index contributed by atoms with van der Waals surface area (Å²) in [4.78, 5) is 2.44. The zero-order valence-corrected chi connectivity index (χ0v) is 10.3. The molecule has 2 aromatic carbocycles. The molecule has 1 aliphatic rings. The van der Waals surface area contributed by atoms with Crippen LogP contribution in [0.25, 0.3) is 0 Å². The van der Waals surface area contributed by atoms with Crippen molar-refractivity contribution in [2.45, 2.75) is 19.6 Å². The average molecular weight is 244 g/mol. The summed E-state index contributed by atoms with van der Waals surface area (Å²) in [5.74, 6) is 0. The summed E-state index contributed by atoms with van der Waals surface area (Å²) in [6.45, 7) is 3.06. The van der Waals surface area contributed by atoms with E-state index >= 15 is 0 Å². The zero-order chi connectivity index (χ0) is 11.7. The monoisotopic (exact) mass is 243 g/mol. The van der Waals surface area contributed by atoms with Crippen molar-refractivity contribution in [3.8, 4) is 0 Å². The highest BCUT2D eigenvalue weighted by atomic mass is 35.5. The topological polar surface area (TPSA) is 3.24 Å². The van der Waals surface area contributed by atoms with E-state index in [4.69, 9.17) is 11.6 Å². The second-order valence-corrected chi connectivity index (χ2v) is 4.98. The van der Waals surface area contributed by atoms with Crippen LogP contribution in [0.4, 0.5) is 0 Å². The lowest BCUT2D eigenvalue weighted by molar-refractivity contribution is 0.275. The molecule has 2 aromatic rings. The maximum absolute atomic E-state index is 6.00. The van der Waals surface area contributed by atoms with Crippen molar-refractivity contribution in [1.29, 1.82) is 0 Å². The first-order valence-corrected chi connectivity index (χ1v) is 6.23. The lowest BCUT2D eigenvalue weighted by atomic mass is 10.1. The fourth-order valence-electron chi connectivity index (χ4n) is 2.41. The van der Waals surface area contributed by atoms with Crippen LogP contribution in [-0.2, 0) is 19.6 Å². The van der Waals surface area contributed by atoms with E-state index in [1.54, 1.807) is 0 Å². The fraction of sp³-hybridized carbons (Fsp3) is 0.200. The number of hydrogen-bond acceptors (Lipinski definition) is 1. The largest absolute Gasteiger partial charge is 0.291 e. The van der Waals surface area contributed by atoms with Crippen LogP contribution < -0.4 is 0 Å². The summed E-state index contributed by atoms with van der Waals surface area (Å²) in [5.41, 5.74) is 4.19. The van der Waals surface area contributed by atoms with Gasteiger partial charge in [-0.15, -0.1) is 0 Å². The Morgan fingerprint density at radius 2 is 1.65 bits per heavy atom. The van der Waals surface area contributed by atoms with E-state index < -0.39 is 0 Å². The van der Waals surface area contributed by atoms with Crippen molar-refractivity contribution in [2.75, 3.05) is 0 Å². The van der Waals surface area contributed by atoms with E-state index in [-0.39, 0.29) is 0 Å². The van der Waals surface area contributed by atoms with Gasteiger partial charge >= 0.3 is 0 Å². The van der Waals surface area contributed by atoms with E-state index in [9.17, 15) is 0 Å². The molecule has 0 aromatic heterocycles. The smallest absolute Gasteiger partial charge is 0.0409 e. The van der Waals surface area contributed by atoms with Crippen LogP contribution in [0.1, 0.15) is 16.7 Å². The van der Waals surface area contributed by atoms with Crippen LogP contribution in [0, 0.1) is 0 Å². The van der Waals surface area contributed by atoms with Crippen molar-refractivity contribution in [2.24, 2.45) is 0 Å². The van der Waals surface area contributed by atoms with E-state index in [1.807, 2.05) is 18.2 Å². The minimum absolute atomic E-state index is 0.819.